The second kappa shape index (κ2) is 14.5. The van der Waals surface area contributed by atoms with Gasteiger partial charge in [-0.2, -0.15) is 0 Å². The summed E-state index contributed by atoms with van der Waals surface area (Å²) in [7, 11) is 0. The summed E-state index contributed by atoms with van der Waals surface area (Å²) in [5.41, 5.74) is -7.61. The lowest BCUT2D eigenvalue weighted by atomic mass is 9.52. The lowest BCUT2D eigenvalue weighted by Crippen LogP contribution is -2.80. The average molecular weight is 777 g/mol. The second-order valence-corrected chi connectivity index (χ2v) is 15.7. The van der Waals surface area contributed by atoms with Crippen molar-refractivity contribution in [2.45, 2.75) is 115 Å². The van der Waals surface area contributed by atoms with Gasteiger partial charge in [-0.25, -0.2) is 9.59 Å². The Morgan fingerprint density at radius 3 is 1.62 bits per heavy atom. The third kappa shape index (κ3) is 6.08. The number of carbonyl (C=O) groups is 6. The first-order valence-electron chi connectivity index (χ1n) is 18.6. The molecule has 300 valence electrons. The molecule has 0 aromatic heterocycles. The molecule has 1 spiro atoms. The van der Waals surface area contributed by atoms with Gasteiger partial charge in [-0.15, -0.1) is 0 Å². The van der Waals surface area contributed by atoms with E-state index in [4.69, 9.17) is 33.2 Å². The molecule has 1 N–H and O–H groups in total. The van der Waals surface area contributed by atoms with Crippen molar-refractivity contribution in [2.24, 2.45) is 23.7 Å². The minimum absolute atomic E-state index is 0.0600. The Balaban J connectivity index is 1.65. The first-order valence-corrected chi connectivity index (χ1v) is 18.6. The Kier molecular flexibility index (Phi) is 10.5. The van der Waals surface area contributed by atoms with Crippen LogP contribution >= 0.6 is 0 Å². The molecule has 2 aromatic rings. The van der Waals surface area contributed by atoms with Crippen LogP contribution in [0.2, 0.25) is 0 Å². The van der Waals surface area contributed by atoms with E-state index in [0.717, 1.165) is 20.8 Å². The molecule has 0 unspecified atom stereocenters. The molecular formula is C42H48O14. The molecule has 2 bridgehead atoms. The first-order chi connectivity index (χ1) is 26.3. The molecule has 14 heteroatoms. The van der Waals surface area contributed by atoms with E-state index in [9.17, 15) is 33.9 Å². The number of aliphatic hydroxyl groups is 1. The predicted octanol–water partition coefficient (Wildman–Crippen LogP) is 4.31. The highest BCUT2D eigenvalue weighted by Gasteiger charge is 2.89. The van der Waals surface area contributed by atoms with Crippen molar-refractivity contribution < 1.29 is 67.0 Å². The molecule has 2 aliphatic heterocycles. The summed E-state index contributed by atoms with van der Waals surface area (Å²) in [6.07, 6.45) is -7.42. The van der Waals surface area contributed by atoms with E-state index in [2.05, 4.69) is 6.58 Å². The van der Waals surface area contributed by atoms with E-state index in [1.807, 2.05) is 0 Å². The lowest BCUT2D eigenvalue weighted by Gasteiger charge is -2.62. The molecule has 2 aromatic carbocycles. The summed E-state index contributed by atoms with van der Waals surface area (Å²) in [6, 6.07) is 16.2. The summed E-state index contributed by atoms with van der Waals surface area (Å²) in [5.74, 6) is -9.44. The molecule has 7 rings (SSSR count). The van der Waals surface area contributed by atoms with Gasteiger partial charge in [-0.05, 0) is 56.0 Å². The van der Waals surface area contributed by atoms with Gasteiger partial charge < -0.3 is 38.3 Å². The van der Waals surface area contributed by atoms with Crippen LogP contribution in [0, 0.1) is 23.7 Å². The van der Waals surface area contributed by atoms with Crippen LogP contribution < -0.4 is 0 Å². The van der Waals surface area contributed by atoms with Gasteiger partial charge in [0.1, 0.15) is 17.8 Å². The van der Waals surface area contributed by atoms with Gasteiger partial charge in [0.2, 0.25) is 5.60 Å². The van der Waals surface area contributed by atoms with Crippen molar-refractivity contribution in [3.05, 3.63) is 83.9 Å². The topological polar surface area (TPSA) is 187 Å². The molecule has 3 saturated carbocycles. The highest BCUT2D eigenvalue weighted by molar-refractivity contribution is 5.90. The van der Waals surface area contributed by atoms with Gasteiger partial charge in [-0.1, -0.05) is 56.8 Å². The van der Waals surface area contributed by atoms with Gasteiger partial charge in [-0.3, -0.25) is 19.2 Å². The minimum atomic E-state index is -2.25. The molecule has 56 heavy (non-hydrogen) atoms. The third-order valence-electron chi connectivity index (χ3n) is 12.1. The highest BCUT2D eigenvalue weighted by Crippen LogP contribution is 2.71. The van der Waals surface area contributed by atoms with E-state index < -0.39 is 112 Å². The number of hydrogen-bond donors (Lipinski definition) is 1. The monoisotopic (exact) mass is 776 g/mol. The fourth-order valence-corrected chi connectivity index (χ4v) is 10.2. The van der Waals surface area contributed by atoms with Crippen LogP contribution in [0.5, 0.6) is 0 Å². The molecule has 13 atom stereocenters. The molecule has 2 heterocycles. The molecule has 2 saturated heterocycles. The van der Waals surface area contributed by atoms with Crippen LogP contribution in [-0.2, 0) is 52.3 Å². The van der Waals surface area contributed by atoms with Crippen molar-refractivity contribution in [3.8, 4) is 0 Å². The van der Waals surface area contributed by atoms with E-state index in [0.29, 0.717) is 0 Å². The summed E-state index contributed by atoms with van der Waals surface area (Å²) >= 11 is 0. The molecule has 5 fully saturated rings. The molecule has 5 aliphatic rings. The number of rotatable bonds is 9. The van der Waals surface area contributed by atoms with Crippen LogP contribution in [0.3, 0.4) is 0 Å². The maximum Gasteiger partial charge on any atom is 0.338 e. The van der Waals surface area contributed by atoms with Gasteiger partial charge in [0, 0.05) is 39.5 Å². The van der Waals surface area contributed by atoms with Crippen molar-refractivity contribution in [2.75, 3.05) is 0 Å². The van der Waals surface area contributed by atoms with Crippen LogP contribution in [0.15, 0.2) is 72.8 Å². The van der Waals surface area contributed by atoms with Gasteiger partial charge in [0.15, 0.2) is 23.9 Å². The fourth-order valence-electron chi connectivity index (χ4n) is 10.2. The second-order valence-electron chi connectivity index (χ2n) is 15.7. The van der Waals surface area contributed by atoms with Crippen LogP contribution in [0.4, 0.5) is 0 Å². The van der Waals surface area contributed by atoms with Gasteiger partial charge in [0.25, 0.3) is 0 Å². The van der Waals surface area contributed by atoms with Crippen molar-refractivity contribution in [1.29, 1.82) is 0 Å². The van der Waals surface area contributed by atoms with E-state index in [1.54, 1.807) is 62.4 Å². The predicted molar refractivity (Wildman–Crippen MR) is 194 cm³/mol. The summed E-state index contributed by atoms with van der Waals surface area (Å²) < 4.78 is 43.9. The number of hydrogen-bond acceptors (Lipinski definition) is 14. The minimum Gasteiger partial charge on any atom is -0.459 e. The zero-order valence-electron chi connectivity index (χ0n) is 32.6. The van der Waals surface area contributed by atoms with E-state index in [-0.39, 0.29) is 23.1 Å². The number of esters is 6. The zero-order valence-corrected chi connectivity index (χ0v) is 32.6. The maximum atomic E-state index is 14.0. The standard InChI is InChI=1S/C42H48O14/c1-21(2)41(55-27(8)46)33(54-37(48)29-18-14-11-15-19-29)23(4)40(49)30-20-22(3)32(53-36(47)28-16-12-10-13-17-28)42(30)38(52-26(7)45)39(9,56-42)34(50-24(5)43)31(40)35(41)51-25(6)44/h10-19,22-23,30-35,38,49H,1,20H2,2-9H3/t22-,23+,30-,31-,32-,33-,34-,35+,38+,39+,40-,41-,42+/m0/s1. The van der Waals surface area contributed by atoms with Gasteiger partial charge in [0.05, 0.1) is 22.6 Å². The quantitative estimate of drug-likeness (QED) is 0.216. The van der Waals surface area contributed by atoms with Crippen LogP contribution in [0.25, 0.3) is 0 Å². The molecule has 3 aliphatic carbocycles. The maximum absolute atomic E-state index is 14.0. The third-order valence-corrected chi connectivity index (χ3v) is 12.1. The molecule has 0 amide bonds. The Hall–Kier alpha value is -5.08. The first kappa shape index (κ1) is 40.6. The molecular weight excluding hydrogens is 728 g/mol. The summed E-state index contributed by atoms with van der Waals surface area (Å²) in [4.78, 5) is 80.4. The largest absolute Gasteiger partial charge is 0.459 e. The number of ether oxygens (including phenoxy) is 7. The SMILES string of the molecule is C=C(C)[C@@]1(OC(C)=O)[C@H](OC(C)=O)[C@@H]2[C@H](OC(C)=O)[C@@]3(C)O[C@@]4([C@@H]3OC(C)=O)[C@@H](OC(=O)c3ccccc3)[C@@H](C)C[C@H]4[C@@]2(O)[C@H](C)[C@@H]1OC(=O)c1ccccc1. The van der Waals surface area contributed by atoms with Crippen molar-refractivity contribution in [3.63, 3.8) is 0 Å². The Labute approximate surface area is 324 Å². The lowest BCUT2D eigenvalue weighted by molar-refractivity contribution is -0.390. The van der Waals surface area contributed by atoms with Crippen molar-refractivity contribution in [1.82, 2.24) is 0 Å². The normalized spacial score (nSPS) is 37.8. The number of benzene rings is 2. The molecule has 0 radical (unpaired) electrons. The highest BCUT2D eigenvalue weighted by atomic mass is 16.7. The fraction of sp³-hybridized carbons (Fsp3) is 0.524. The van der Waals surface area contributed by atoms with E-state index in [1.165, 1.54) is 32.9 Å². The summed E-state index contributed by atoms with van der Waals surface area (Å²) in [6.45, 7) is 15.1. The number of carbonyl (C=O) groups excluding carboxylic acids is 6. The average Bonchev–Trinajstić information content (AvgIpc) is 3.37. The Morgan fingerprint density at radius 2 is 1.16 bits per heavy atom. The Bertz CT molecular complexity index is 1930. The van der Waals surface area contributed by atoms with Crippen molar-refractivity contribution >= 4 is 35.8 Å². The Morgan fingerprint density at radius 1 is 0.679 bits per heavy atom. The zero-order chi connectivity index (χ0) is 41.1. The van der Waals surface area contributed by atoms with Crippen LogP contribution in [0.1, 0.15) is 82.5 Å². The van der Waals surface area contributed by atoms with Gasteiger partial charge >= 0.3 is 35.8 Å². The smallest absolute Gasteiger partial charge is 0.338 e. The molecule has 14 nitrogen and oxygen atoms in total. The summed E-state index contributed by atoms with van der Waals surface area (Å²) in [5, 5.41) is 13.9. The van der Waals surface area contributed by atoms with E-state index >= 15 is 0 Å². The van der Waals surface area contributed by atoms with Crippen LogP contribution in [-0.4, -0.2) is 93.8 Å².